The Balaban J connectivity index is 2.14. The van der Waals surface area contributed by atoms with Crippen LogP contribution < -0.4 is 5.73 Å². The van der Waals surface area contributed by atoms with E-state index in [9.17, 15) is 0 Å². The van der Waals surface area contributed by atoms with Crippen LogP contribution in [0.4, 0.5) is 0 Å². The Morgan fingerprint density at radius 1 is 1.20 bits per heavy atom. The van der Waals surface area contributed by atoms with Crippen molar-refractivity contribution in [2.45, 2.75) is 45.6 Å². The third-order valence-corrected chi connectivity index (χ3v) is 4.63. The molecule has 0 spiro atoms. The van der Waals surface area contributed by atoms with E-state index in [4.69, 9.17) is 5.73 Å². The van der Waals surface area contributed by atoms with Gasteiger partial charge in [-0.2, -0.15) is 0 Å². The van der Waals surface area contributed by atoms with Crippen molar-refractivity contribution in [2.24, 2.45) is 17.1 Å². The lowest BCUT2D eigenvalue weighted by molar-refractivity contribution is 0.108. The standard InChI is InChI=1S/C18H24N2/c1-13-9-17(2,3)12-18(19,10-13)16-6-4-5-14-7-8-20-11-15(14)16/h4-8,11,13H,9-10,12,19H2,1-3H3. The summed E-state index contributed by atoms with van der Waals surface area (Å²) in [5, 5.41) is 2.45. The predicted octanol–water partition coefficient (Wildman–Crippen LogP) is 4.24. The van der Waals surface area contributed by atoms with E-state index in [1.54, 1.807) is 0 Å². The van der Waals surface area contributed by atoms with Gasteiger partial charge >= 0.3 is 0 Å². The Morgan fingerprint density at radius 3 is 2.75 bits per heavy atom. The van der Waals surface area contributed by atoms with Gasteiger partial charge in [-0.15, -0.1) is 0 Å². The lowest BCUT2D eigenvalue weighted by atomic mass is 9.62. The molecule has 1 aliphatic carbocycles. The molecule has 20 heavy (non-hydrogen) atoms. The molecule has 1 aromatic heterocycles. The van der Waals surface area contributed by atoms with Crippen molar-refractivity contribution < 1.29 is 0 Å². The summed E-state index contributed by atoms with van der Waals surface area (Å²) in [6.45, 7) is 7.01. The van der Waals surface area contributed by atoms with E-state index in [2.05, 4.69) is 50.0 Å². The smallest absolute Gasteiger partial charge is 0.0424 e. The molecule has 1 aromatic carbocycles. The monoisotopic (exact) mass is 268 g/mol. The molecule has 1 saturated carbocycles. The zero-order chi connectivity index (χ0) is 14.4. The lowest BCUT2D eigenvalue weighted by Gasteiger charge is -2.46. The molecule has 3 rings (SSSR count). The van der Waals surface area contributed by atoms with E-state index in [1.165, 1.54) is 22.8 Å². The average Bonchev–Trinajstić information content (AvgIpc) is 2.35. The van der Waals surface area contributed by atoms with E-state index in [1.807, 2.05) is 12.4 Å². The zero-order valence-electron chi connectivity index (χ0n) is 12.7. The van der Waals surface area contributed by atoms with Crippen molar-refractivity contribution in [3.63, 3.8) is 0 Å². The molecule has 1 fully saturated rings. The van der Waals surface area contributed by atoms with Gasteiger partial charge in [0.1, 0.15) is 0 Å². The van der Waals surface area contributed by atoms with Crippen LogP contribution >= 0.6 is 0 Å². The maximum atomic E-state index is 6.88. The first-order valence-electron chi connectivity index (χ1n) is 7.52. The number of pyridine rings is 1. The summed E-state index contributed by atoms with van der Waals surface area (Å²) in [5.74, 6) is 0.663. The van der Waals surface area contributed by atoms with E-state index >= 15 is 0 Å². The topological polar surface area (TPSA) is 38.9 Å². The van der Waals surface area contributed by atoms with Gasteiger partial charge in [0, 0.05) is 23.3 Å². The lowest BCUT2D eigenvalue weighted by Crippen LogP contribution is -2.46. The molecule has 1 heterocycles. The third-order valence-electron chi connectivity index (χ3n) is 4.63. The van der Waals surface area contributed by atoms with Gasteiger partial charge in [0.05, 0.1) is 0 Å². The molecular formula is C18H24N2. The second kappa shape index (κ2) is 4.56. The highest BCUT2D eigenvalue weighted by molar-refractivity contribution is 5.85. The van der Waals surface area contributed by atoms with E-state index in [-0.39, 0.29) is 5.54 Å². The number of aromatic nitrogens is 1. The van der Waals surface area contributed by atoms with Crippen LogP contribution in [0.1, 0.15) is 45.6 Å². The van der Waals surface area contributed by atoms with Gasteiger partial charge in [0.15, 0.2) is 0 Å². The van der Waals surface area contributed by atoms with E-state index < -0.39 is 0 Å². The Hall–Kier alpha value is -1.41. The Bertz CT molecular complexity index is 627. The summed E-state index contributed by atoms with van der Waals surface area (Å²) in [6, 6.07) is 8.53. The van der Waals surface area contributed by atoms with Gasteiger partial charge in [-0.25, -0.2) is 0 Å². The molecule has 2 N–H and O–H groups in total. The first kappa shape index (κ1) is 13.6. The van der Waals surface area contributed by atoms with Crippen LogP contribution in [-0.2, 0) is 5.54 Å². The summed E-state index contributed by atoms with van der Waals surface area (Å²) in [4.78, 5) is 4.30. The Kier molecular flexibility index (Phi) is 3.09. The highest BCUT2D eigenvalue weighted by atomic mass is 14.8. The second-order valence-electron chi connectivity index (χ2n) is 7.41. The van der Waals surface area contributed by atoms with Crippen LogP contribution in [-0.4, -0.2) is 4.98 Å². The SMILES string of the molecule is CC1CC(C)(C)CC(N)(c2cccc3ccncc23)C1. The molecule has 0 saturated heterocycles. The van der Waals surface area contributed by atoms with Crippen LogP contribution in [0.3, 0.4) is 0 Å². The second-order valence-corrected chi connectivity index (χ2v) is 7.41. The summed E-state index contributed by atoms with van der Waals surface area (Å²) in [7, 11) is 0. The molecular weight excluding hydrogens is 244 g/mol. The molecule has 2 nitrogen and oxygen atoms in total. The van der Waals surface area contributed by atoms with Crippen molar-refractivity contribution in [3.05, 3.63) is 42.2 Å². The number of nitrogens with two attached hydrogens (primary N) is 1. The molecule has 0 radical (unpaired) electrons. The van der Waals surface area contributed by atoms with Gasteiger partial charge in [-0.3, -0.25) is 4.98 Å². The predicted molar refractivity (Wildman–Crippen MR) is 84.4 cm³/mol. The normalized spacial score (nSPS) is 29.5. The van der Waals surface area contributed by atoms with E-state index in [0.29, 0.717) is 11.3 Å². The van der Waals surface area contributed by atoms with Crippen LogP contribution in [0.2, 0.25) is 0 Å². The number of benzene rings is 1. The first-order valence-corrected chi connectivity index (χ1v) is 7.52. The van der Waals surface area contributed by atoms with Crippen LogP contribution in [0.25, 0.3) is 10.8 Å². The summed E-state index contributed by atoms with van der Waals surface area (Å²) >= 11 is 0. The molecule has 106 valence electrons. The fourth-order valence-corrected chi connectivity index (χ4v) is 4.39. The highest BCUT2D eigenvalue weighted by Crippen LogP contribution is 2.48. The zero-order valence-corrected chi connectivity index (χ0v) is 12.7. The molecule has 0 aliphatic heterocycles. The van der Waals surface area contributed by atoms with Gasteiger partial charge < -0.3 is 5.73 Å². The molecule has 2 aromatic rings. The molecule has 1 aliphatic rings. The van der Waals surface area contributed by atoms with Crippen molar-refractivity contribution >= 4 is 10.8 Å². The van der Waals surface area contributed by atoms with Crippen LogP contribution in [0.5, 0.6) is 0 Å². The largest absolute Gasteiger partial charge is 0.321 e. The molecule has 2 unspecified atom stereocenters. The molecule has 0 amide bonds. The fraction of sp³-hybridized carbons (Fsp3) is 0.500. The van der Waals surface area contributed by atoms with E-state index in [0.717, 1.165) is 12.8 Å². The van der Waals surface area contributed by atoms with Gasteiger partial charge in [-0.05, 0) is 47.6 Å². The minimum Gasteiger partial charge on any atom is -0.321 e. The highest BCUT2D eigenvalue weighted by Gasteiger charge is 2.41. The maximum Gasteiger partial charge on any atom is 0.0424 e. The third kappa shape index (κ3) is 2.33. The molecule has 2 atom stereocenters. The van der Waals surface area contributed by atoms with Crippen molar-refractivity contribution in [1.29, 1.82) is 0 Å². The van der Waals surface area contributed by atoms with Crippen molar-refractivity contribution in [2.75, 3.05) is 0 Å². The number of rotatable bonds is 1. The molecule has 0 bridgehead atoms. The summed E-state index contributed by atoms with van der Waals surface area (Å²) in [6.07, 6.45) is 7.17. The minimum absolute atomic E-state index is 0.232. The first-order chi connectivity index (χ1) is 9.40. The quantitative estimate of drug-likeness (QED) is 0.840. The summed E-state index contributed by atoms with van der Waals surface area (Å²) in [5.41, 5.74) is 8.22. The number of hydrogen-bond acceptors (Lipinski definition) is 2. The van der Waals surface area contributed by atoms with Crippen LogP contribution in [0.15, 0.2) is 36.7 Å². The van der Waals surface area contributed by atoms with Crippen molar-refractivity contribution in [3.8, 4) is 0 Å². The number of nitrogens with zero attached hydrogens (tertiary/aromatic N) is 1. The molecule has 2 heteroatoms. The Morgan fingerprint density at radius 2 is 2.00 bits per heavy atom. The van der Waals surface area contributed by atoms with Gasteiger partial charge in [0.2, 0.25) is 0 Å². The summed E-state index contributed by atoms with van der Waals surface area (Å²) < 4.78 is 0. The minimum atomic E-state index is -0.232. The van der Waals surface area contributed by atoms with Crippen molar-refractivity contribution in [1.82, 2.24) is 4.98 Å². The van der Waals surface area contributed by atoms with Crippen LogP contribution in [0, 0.1) is 11.3 Å². The van der Waals surface area contributed by atoms with Gasteiger partial charge in [-0.1, -0.05) is 39.0 Å². The number of fused-ring (bicyclic) bond motifs is 1. The van der Waals surface area contributed by atoms with Gasteiger partial charge in [0.25, 0.3) is 0 Å². The average molecular weight is 268 g/mol. The number of hydrogen-bond donors (Lipinski definition) is 1. The Labute approximate surface area is 121 Å². The fourth-order valence-electron chi connectivity index (χ4n) is 4.39. The maximum absolute atomic E-state index is 6.88.